The lowest BCUT2D eigenvalue weighted by molar-refractivity contribution is 0.381. The van der Waals surface area contributed by atoms with Crippen molar-refractivity contribution in [2.24, 2.45) is 5.92 Å². The van der Waals surface area contributed by atoms with Gasteiger partial charge in [0.15, 0.2) is 5.22 Å². The molecule has 1 heterocycles. The van der Waals surface area contributed by atoms with Crippen LogP contribution in [-0.2, 0) is 0 Å². The predicted molar refractivity (Wildman–Crippen MR) is 59.6 cm³/mol. The molecular formula is C11H18ClNO. The number of hydrogen-bond donors (Lipinski definition) is 1. The molecule has 0 spiro atoms. The normalized spacial score (nSPS) is 15.4. The highest BCUT2D eigenvalue weighted by Crippen LogP contribution is 2.30. The van der Waals surface area contributed by atoms with Gasteiger partial charge in [0.25, 0.3) is 0 Å². The van der Waals surface area contributed by atoms with Gasteiger partial charge in [-0.15, -0.1) is 0 Å². The first-order valence-electron chi connectivity index (χ1n) is 5.16. The largest absolute Gasteiger partial charge is 0.453 e. The maximum atomic E-state index is 5.96. The lowest BCUT2D eigenvalue weighted by Gasteiger charge is -2.22. The van der Waals surface area contributed by atoms with Gasteiger partial charge in [-0.1, -0.05) is 27.2 Å². The molecule has 14 heavy (non-hydrogen) atoms. The van der Waals surface area contributed by atoms with E-state index in [2.05, 4.69) is 26.1 Å². The van der Waals surface area contributed by atoms with Crippen LogP contribution in [-0.4, -0.2) is 6.54 Å². The fourth-order valence-corrected chi connectivity index (χ4v) is 1.83. The number of hydrogen-bond acceptors (Lipinski definition) is 2. The molecule has 0 saturated heterocycles. The average molecular weight is 216 g/mol. The van der Waals surface area contributed by atoms with Crippen molar-refractivity contribution in [3.05, 3.63) is 23.1 Å². The van der Waals surface area contributed by atoms with Gasteiger partial charge in [-0.05, 0) is 30.1 Å². The van der Waals surface area contributed by atoms with Crippen LogP contribution in [0.5, 0.6) is 0 Å². The Morgan fingerprint density at radius 1 is 1.50 bits per heavy atom. The molecule has 80 valence electrons. The molecule has 0 aliphatic carbocycles. The van der Waals surface area contributed by atoms with E-state index in [0.717, 1.165) is 18.5 Å². The highest BCUT2D eigenvalue weighted by Gasteiger charge is 2.20. The van der Waals surface area contributed by atoms with Crippen LogP contribution in [0.4, 0.5) is 0 Å². The SMILES string of the molecule is CCNC(c1ccoc1Cl)C(C)CC. The molecule has 0 amide bonds. The standard InChI is InChI=1S/C11H18ClNO/c1-4-8(3)10(13-5-2)9-6-7-14-11(9)12/h6-8,10,13H,4-5H2,1-3H3. The molecule has 1 N–H and O–H groups in total. The van der Waals surface area contributed by atoms with Crippen molar-refractivity contribution < 1.29 is 4.42 Å². The number of rotatable bonds is 5. The van der Waals surface area contributed by atoms with E-state index in [1.807, 2.05) is 6.07 Å². The van der Waals surface area contributed by atoms with Gasteiger partial charge in [0, 0.05) is 11.6 Å². The Balaban J connectivity index is 2.82. The lowest BCUT2D eigenvalue weighted by atomic mass is 9.94. The van der Waals surface area contributed by atoms with Gasteiger partial charge in [-0.3, -0.25) is 0 Å². The van der Waals surface area contributed by atoms with Crippen LogP contribution >= 0.6 is 11.6 Å². The summed E-state index contributed by atoms with van der Waals surface area (Å²) in [6, 6.07) is 2.25. The fraction of sp³-hybridized carbons (Fsp3) is 0.636. The maximum Gasteiger partial charge on any atom is 0.197 e. The van der Waals surface area contributed by atoms with E-state index in [1.54, 1.807) is 6.26 Å². The molecule has 2 nitrogen and oxygen atoms in total. The third kappa shape index (κ3) is 2.52. The van der Waals surface area contributed by atoms with E-state index in [0.29, 0.717) is 17.2 Å². The quantitative estimate of drug-likeness (QED) is 0.812. The molecule has 1 aromatic heterocycles. The Morgan fingerprint density at radius 2 is 2.21 bits per heavy atom. The molecule has 2 unspecified atom stereocenters. The molecule has 0 aromatic carbocycles. The van der Waals surface area contributed by atoms with Crippen molar-refractivity contribution in [1.82, 2.24) is 5.32 Å². The topological polar surface area (TPSA) is 25.2 Å². The van der Waals surface area contributed by atoms with Crippen LogP contribution in [0, 0.1) is 5.92 Å². The van der Waals surface area contributed by atoms with Crippen LogP contribution < -0.4 is 5.32 Å². The van der Waals surface area contributed by atoms with Gasteiger partial charge in [0.1, 0.15) is 0 Å². The van der Waals surface area contributed by atoms with Crippen molar-refractivity contribution in [1.29, 1.82) is 0 Å². The number of furan rings is 1. The van der Waals surface area contributed by atoms with Gasteiger partial charge in [-0.25, -0.2) is 0 Å². The number of nitrogens with one attached hydrogen (secondary N) is 1. The highest BCUT2D eigenvalue weighted by molar-refractivity contribution is 6.29. The molecule has 1 rings (SSSR count). The van der Waals surface area contributed by atoms with E-state index < -0.39 is 0 Å². The summed E-state index contributed by atoms with van der Waals surface area (Å²) < 4.78 is 5.11. The molecule has 2 atom stereocenters. The zero-order valence-corrected chi connectivity index (χ0v) is 9.77. The molecule has 0 saturated carbocycles. The first kappa shape index (κ1) is 11.6. The van der Waals surface area contributed by atoms with Crippen molar-refractivity contribution in [2.45, 2.75) is 33.2 Å². The van der Waals surface area contributed by atoms with E-state index in [4.69, 9.17) is 16.0 Å². The predicted octanol–water partition coefficient (Wildman–Crippen LogP) is 3.63. The smallest absolute Gasteiger partial charge is 0.197 e. The average Bonchev–Trinajstić information content (AvgIpc) is 2.60. The molecule has 0 radical (unpaired) electrons. The van der Waals surface area contributed by atoms with E-state index >= 15 is 0 Å². The Bertz CT molecular complexity index is 272. The third-order valence-corrected chi connectivity index (χ3v) is 2.93. The second kappa shape index (κ2) is 5.42. The Hall–Kier alpha value is -0.470. The van der Waals surface area contributed by atoms with Crippen LogP contribution in [0.15, 0.2) is 16.7 Å². The second-order valence-electron chi connectivity index (χ2n) is 3.57. The van der Waals surface area contributed by atoms with Gasteiger partial charge in [0.2, 0.25) is 0 Å². The minimum absolute atomic E-state index is 0.302. The molecule has 0 aliphatic rings. The van der Waals surface area contributed by atoms with Crippen molar-refractivity contribution in [2.75, 3.05) is 6.54 Å². The molecule has 0 fully saturated rings. The molecule has 3 heteroatoms. The van der Waals surface area contributed by atoms with E-state index in [1.165, 1.54) is 0 Å². The van der Waals surface area contributed by atoms with Crippen LogP contribution in [0.2, 0.25) is 5.22 Å². The molecule has 0 bridgehead atoms. The fourth-order valence-electron chi connectivity index (χ4n) is 1.60. The summed E-state index contributed by atoms with van der Waals surface area (Å²) in [4.78, 5) is 0. The minimum atomic E-state index is 0.302. The van der Waals surface area contributed by atoms with Gasteiger partial charge in [-0.2, -0.15) is 0 Å². The second-order valence-corrected chi connectivity index (χ2v) is 3.91. The molecular weight excluding hydrogens is 198 g/mol. The van der Waals surface area contributed by atoms with Gasteiger partial charge >= 0.3 is 0 Å². The molecule has 0 aliphatic heterocycles. The monoisotopic (exact) mass is 215 g/mol. The van der Waals surface area contributed by atoms with E-state index in [-0.39, 0.29) is 0 Å². The Labute approximate surface area is 90.6 Å². The zero-order valence-electron chi connectivity index (χ0n) is 9.01. The van der Waals surface area contributed by atoms with Crippen molar-refractivity contribution >= 4 is 11.6 Å². The number of halogens is 1. The summed E-state index contributed by atoms with van der Waals surface area (Å²) in [7, 11) is 0. The summed E-state index contributed by atoms with van der Waals surface area (Å²) in [6.45, 7) is 7.44. The summed E-state index contributed by atoms with van der Waals surface area (Å²) in [5.74, 6) is 0.560. The van der Waals surface area contributed by atoms with Crippen molar-refractivity contribution in [3.8, 4) is 0 Å². The van der Waals surface area contributed by atoms with Gasteiger partial charge in [0.05, 0.1) is 6.26 Å². The minimum Gasteiger partial charge on any atom is -0.453 e. The molecule has 1 aromatic rings. The summed E-state index contributed by atoms with van der Waals surface area (Å²) >= 11 is 5.96. The first-order valence-corrected chi connectivity index (χ1v) is 5.54. The lowest BCUT2D eigenvalue weighted by Crippen LogP contribution is -2.26. The van der Waals surface area contributed by atoms with Gasteiger partial charge < -0.3 is 9.73 Å². The maximum absolute atomic E-state index is 5.96. The van der Waals surface area contributed by atoms with Crippen LogP contribution in [0.25, 0.3) is 0 Å². The zero-order chi connectivity index (χ0) is 10.6. The summed E-state index contributed by atoms with van der Waals surface area (Å²) in [5, 5.41) is 3.94. The Morgan fingerprint density at radius 3 is 2.64 bits per heavy atom. The van der Waals surface area contributed by atoms with Crippen molar-refractivity contribution in [3.63, 3.8) is 0 Å². The summed E-state index contributed by atoms with van der Waals surface area (Å²) in [5.41, 5.74) is 1.07. The highest BCUT2D eigenvalue weighted by atomic mass is 35.5. The first-order chi connectivity index (χ1) is 6.70. The van der Waals surface area contributed by atoms with Crippen LogP contribution in [0.3, 0.4) is 0 Å². The third-order valence-electron chi connectivity index (χ3n) is 2.62. The van der Waals surface area contributed by atoms with Crippen LogP contribution in [0.1, 0.15) is 38.8 Å². The summed E-state index contributed by atoms with van der Waals surface area (Å²) in [6.07, 6.45) is 2.77. The Kier molecular flexibility index (Phi) is 4.49. The van der Waals surface area contributed by atoms with E-state index in [9.17, 15) is 0 Å².